The minimum atomic E-state index is 0.662. The van der Waals surface area contributed by atoms with Gasteiger partial charge in [-0.05, 0) is 24.1 Å². The van der Waals surface area contributed by atoms with Gasteiger partial charge in [0.15, 0.2) is 0 Å². The molecule has 0 spiro atoms. The molecule has 0 N–H and O–H groups in total. The van der Waals surface area contributed by atoms with E-state index in [2.05, 4.69) is 0 Å². The van der Waals surface area contributed by atoms with Gasteiger partial charge in [0.25, 0.3) is 0 Å². The van der Waals surface area contributed by atoms with Gasteiger partial charge >= 0.3 is 0 Å². The topological polar surface area (TPSA) is 17.1 Å². The van der Waals surface area contributed by atoms with Gasteiger partial charge in [-0.2, -0.15) is 0 Å². The normalized spacial score (nSPS) is 10.1. The standard InChI is InChI=1S/C14H11ClO/c1-10-4-2-7-13(14(10)15)12-6-3-5-11(8-12)9-16/h2-9H,1H3. The molecule has 2 aromatic carbocycles. The summed E-state index contributed by atoms with van der Waals surface area (Å²) < 4.78 is 0. The van der Waals surface area contributed by atoms with Crippen molar-refractivity contribution >= 4 is 17.9 Å². The first kappa shape index (κ1) is 10.9. The average molecular weight is 231 g/mol. The van der Waals surface area contributed by atoms with Crippen molar-refractivity contribution in [1.82, 2.24) is 0 Å². The molecule has 0 saturated carbocycles. The molecule has 0 saturated heterocycles. The van der Waals surface area contributed by atoms with E-state index in [0.29, 0.717) is 5.56 Å². The molecular weight excluding hydrogens is 220 g/mol. The van der Waals surface area contributed by atoms with E-state index in [1.54, 1.807) is 6.07 Å². The molecule has 0 bridgehead atoms. The predicted octanol–water partition coefficient (Wildman–Crippen LogP) is 4.13. The first-order valence-corrected chi connectivity index (χ1v) is 5.41. The third-order valence-electron chi connectivity index (χ3n) is 2.53. The van der Waals surface area contributed by atoms with Gasteiger partial charge in [0.1, 0.15) is 6.29 Å². The molecule has 0 aliphatic rings. The van der Waals surface area contributed by atoms with Crippen LogP contribution in [0.5, 0.6) is 0 Å². The van der Waals surface area contributed by atoms with Crippen molar-refractivity contribution in [3.05, 3.63) is 58.6 Å². The highest BCUT2D eigenvalue weighted by Gasteiger charge is 2.05. The second kappa shape index (κ2) is 4.50. The highest BCUT2D eigenvalue weighted by atomic mass is 35.5. The van der Waals surface area contributed by atoms with Gasteiger partial charge in [-0.1, -0.05) is 48.0 Å². The van der Waals surface area contributed by atoms with Gasteiger partial charge in [0.2, 0.25) is 0 Å². The molecule has 0 fully saturated rings. The molecule has 0 atom stereocenters. The summed E-state index contributed by atoms with van der Waals surface area (Å²) in [5.41, 5.74) is 3.63. The van der Waals surface area contributed by atoms with E-state index in [1.165, 1.54) is 0 Å². The highest BCUT2D eigenvalue weighted by Crippen LogP contribution is 2.30. The molecule has 0 amide bonds. The van der Waals surface area contributed by atoms with Crippen molar-refractivity contribution in [1.29, 1.82) is 0 Å². The molecule has 0 aliphatic heterocycles. The average Bonchev–Trinajstić information content (AvgIpc) is 2.33. The Hall–Kier alpha value is -1.60. The quantitative estimate of drug-likeness (QED) is 0.709. The van der Waals surface area contributed by atoms with Crippen LogP contribution in [0.4, 0.5) is 0 Å². The monoisotopic (exact) mass is 230 g/mol. The van der Waals surface area contributed by atoms with Gasteiger partial charge in [-0.15, -0.1) is 0 Å². The van der Waals surface area contributed by atoms with E-state index in [4.69, 9.17) is 11.6 Å². The van der Waals surface area contributed by atoms with Crippen molar-refractivity contribution in [2.45, 2.75) is 6.92 Å². The van der Waals surface area contributed by atoms with Crippen molar-refractivity contribution in [2.75, 3.05) is 0 Å². The van der Waals surface area contributed by atoms with Gasteiger partial charge in [-0.3, -0.25) is 4.79 Å². The summed E-state index contributed by atoms with van der Waals surface area (Å²) in [4.78, 5) is 10.7. The lowest BCUT2D eigenvalue weighted by molar-refractivity contribution is 0.112. The van der Waals surface area contributed by atoms with Crippen LogP contribution >= 0.6 is 11.6 Å². The van der Waals surface area contributed by atoms with Crippen molar-refractivity contribution in [2.24, 2.45) is 0 Å². The lowest BCUT2D eigenvalue weighted by Gasteiger charge is -2.07. The molecule has 0 aromatic heterocycles. The van der Waals surface area contributed by atoms with Gasteiger partial charge in [0.05, 0.1) is 5.02 Å². The summed E-state index contributed by atoms with van der Waals surface area (Å²) in [7, 11) is 0. The van der Waals surface area contributed by atoms with Crippen molar-refractivity contribution in [3.8, 4) is 11.1 Å². The van der Waals surface area contributed by atoms with Crippen LogP contribution in [0.2, 0.25) is 5.02 Å². The molecule has 1 nitrogen and oxygen atoms in total. The molecule has 0 unspecified atom stereocenters. The number of carbonyl (C=O) groups excluding carboxylic acids is 1. The molecule has 2 heteroatoms. The zero-order chi connectivity index (χ0) is 11.5. The summed E-state index contributed by atoms with van der Waals surface area (Å²) in [5.74, 6) is 0. The summed E-state index contributed by atoms with van der Waals surface area (Å²) in [6, 6.07) is 13.3. The second-order valence-electron chi connectivity index (χ2n) is 3.68. The molecule has 2 rings (SSSR count). The molecule has 16 heavy (non-hydrogen) atoms. The Bertz CT molecular complexity index is 532. The van der Waals surface area contributed by atoms with E-state index in [-0.39, 0.29) is 0 Å². The fourth-order valence-electron chi connectivity index (χ4n) is 1.65. The maximum Gasteiger partial charge on any atom is 0.150 e. The molecule has 0 aliphatic carbocycles. The maximum atomic E-state index is 10.7. The van der Waals surface area contributed by atoms with Crippen LogP contribution in [0.25, 0.3) is 11.1 Å². The van der Waals surface area contributed by atoms with Crippen molar-refractivity contribution < 1.29 is 4.79 Å². The number of hydrogen-bond donors (Lipinski definition) is 0. The van der Waals surface area contributed by atoms with Crippen LogP contribution in [-0.4, -0.2) is 6.29 Å². The zero-order valence-corrected chi connectivity index (χ0v) is 9.66. The fourth-order valence-corrected chi connectivity index (χ4v) is 1.88. The SMILES string of the molecule is Cc1cccc(-c2cccc(C=O)c2)c1Cl. The lowest BCUT2D eigenvalue weighted by Crippen LogP contribution is -1.85. The minimum absolute atomic E-state index is 0.662. The zero-order valence-electron chi connectivity index (χ0n) is 8.91. The van der Waals surface area contributed by atoms with Crippen LogP contribution in [0.3, 0.4) is 0 Å². The Labute approximate surface area is 99.7 Å². The van der Waals surface area contributed by atoms with E-state index in [9.17, 15) is 4.79 Å². The van der Waals surface area contributed by atoms with Crippen LogP contribution in [-0.2, 0) is 0 Å². The Kier molecular flexibility index (Phi) is 3.07. The highest BCUT2D eigenvalue weighted by molar-refractivity contribution is 6.34. The van der Waals surface area contributed by atoms with Gasteiger partial charge < -0.3 is 0 Å². The van der Waals surface area contributed by atoms with Crippen molar-refractivity contribution in [3.63, 3.8) is 0 Å². The van der Waals surface area contributed by atoms with Gasteiger partial charge in [-0.25, -0.2) is 0 Å². The Morgan fingerprint density at radius 3 is 2.62 bits per heavy atom. The first-order valence-electron chi connectivity index (χ1n) is 5.03. The third-order valence-corrected chi connectivity index (χ3v) is 3.03. The van der Waals surface area contributed by atoms with Crippen LogP contribution in [0, 0.1) is 6.92 Å². The van der Waals surface area contributed by atoms with E-state index in [0.717, 1.165) is 28.0 Å². The molecule has 0 radical (unpaired) electrons. The van der Waals surface area contributed by atoms with Crippen LogP contribution in [0.1, 0.15) is 15.9 Å². The summed E-state index contributed by atoms with van der Waals surface area (Å²) in [5, 5.41) is 0.741. The third kappa shape index (κ3) is 2.00. The number of benzene rings is 2. The summed E-state index contributed by atoms with van der Waals surface area (Å²) >= 11 is 6.23. The predicted molar refractivity (Wildman–Crippen MR) is 67.0 cm³/mol. The van der Waals surface area contributed by atoms with E-state index in [1.807, 2.05) is 43.3 Å². The van der Waals surface area contributed by atoms with Gasteiger partial charge in [0, 0.05) is 11.1 Å². The van der Waals surface area contributed by atoms with Crippen LogP contribution < -0.4 is 0 Å². The second-order valence-corrected chi connectivity index (χ2v) is 4.06. The summed E-state index contributed by atoms with van der Waals surface area (Å²) in [6.45, 7) is 1.97. The number of aldehydes is 1. The molecule has 2 aromatic rings. The molecular formula is C14H11ClO. The smallest absolute Gasteiger partial charge is 0.150 e. The fraction of sp³-hybridized carbons (Fsp3) is 0.0714. The number of aryl methyl sites for hydroxylation is 1. The number of halogens is 1. The Morgan fingerprint density at radius 2 is 1.88 bits per heavy atom. The molecule has 80 valence electrons. The minimum Gasteiger partial charge on any atom is -0.298 e. The largest absolute Gasteiger partial charge is 0.298 e. The first-order chi connectivity index (χ1) is 7.72. The van der Waals surface area contributed by atoms with E-state index < -0.39 is 0 Å². The van der Waals surface area contributed by atoms with E-state index >= 15 is 0 Å². The number of hydrogen-bond acceptors (Lipinski definition) is 1. The number of rotatable bonds is 2. The maximum absolute atomic E-state index is 10.7. The Morgan fingerprint density at radius 1 is 1.12 bits per heavy atom. The van der Waals surface area contributed by atoms with Crippen LogP contribution in [0.15, 0.2) is 42.5 Å². The Balaban J connectivity index is 2.58. The molecule has 0 heterocycles. The number of carbonyl (C=O) groups is 1. The summed E-state index contributed by atoms with van der Waals surface area (Å²) in [6.07, 6.45) is 0.840. The lowest BCUT2D eigenvalue weighted by atomic mass is 10.0.